The summed E-state index contributed by atoms with van der Waals surface area (Å²) in [7, 11) is 0. The second-order valence-corrected chi connectivity index (χ2v) is 7.41. The maximum absolute atomic E-state index is 13.1. The van der Waals surface area contributed by atoms with Gasteiger partial charge >= 0.3 is 5.69 Å². The molecule has 1 unspecified atom stereocenters. The Labute approximate surface area is 168 Å². The summed E-state index contributed by atoms with van der Waals surface area (Å²) in [5.41, 5.74) is 2.56. The summed E-state index contributed by atoms with van der Waals surface area (Å²) in [5.74, 6) is -0.0526. The van der Waals surface area contributed by atoms with E-state index in [1.54, 1.807) is 23.1 Å². The first-order valence-corrected chi connectivity index (χ1v) is 9.90. The summed E-state index contributed by atoms with van der Waals surface area (Å²) in [4.78, 5) is 46.4. The molecule has 4 rings (SSSR count). The zero-order chi connectivity index (χ0) is 20.4. The molecular weight excluding hydrogens is 368 g/mol. The van der Waals surface area contributed by atoms with Crippen LogP contribution in [0, 0.1) is 0 Å². The lowest BCUT2D eigenvalue weighted by atomic mass is 10.1. The normalized spacial score (nSPS) is 17.6. The number of nitrogens with zero attached hydrogens (tertiary/aromatic N) is 2. The molecule has 1 fully saturated rings. The lowest BCUT2D eigenvalue weighted by Gasteiger charge is -2.31. The minimum Gasteiger partial charge on any atom is -0.336 e. The largest absolute Gasteiger partial charge is 0.336 e. The Morgan fingerprint density at radius 2 is 1.83 bits per heavy atom. The summed E-state index contributed by atoms with van der Waals surface area (Å²) in [6.07, 6.45) is 1.07. The van der Waals surface area contributed by atoms with Gasteiger partial charge in [-0.15, -0.1) is 0 Å². The molecule has 150 valence electrons. The molecular formula is C22H24N4O3. The van der Waals surface area contributed by atoms with E-state index in [0.29, 0.717) is 42.7 Å². The van der Waals surface area contributed by atoms with Gasteiger partial charge in [-0.2, -0.15) is 0 Å². The van der Waals surface area contributed by atoms with Crippen molar-refractivity contribution >= 4 is 22.8 Å². The molecule has 0 spiro atoms. The first-order chi connectivity index (χ1) is 14.0. The number of H-pyrrole nitrogens is 2. The molecule has 3 aromatic rings. The smallest absolute Gasteiger partial charge is 0.323 e. The molecule has 0 aliphatic carbocycles. The van der Waals surface area contributed by atoms with Crippen molar-refractivity contribution in [2.45, 2.75) is 32.4 Å². The molecule has 29 heavy (non-hydrogen) atoms. The van der Waals surface area contributed by atoms with Gasteiger partial charge in [-0.25, -0.2) is 4.79 Å². The number of carbonyl (C=O) groups is 2. The number of carbonyl (C=O) groups excluding carboxylic acids is 2. The molecule has 1 atom stereocenters. The van der Waals surface area contributed by atoms with Crippen molar-refractivity contribution in [1.82, 2.24) is 19.8 Å². The standard InChI is InChI=1S/C22H24N4O3/c1-2-17-14-25(11-10-20(27)26(17)13-15-6-4-3-5-7-15)21(28)16-8-9-18-19(12-16)24-22(29)23-18/h3-9,12,17H,2,10-11,13-14H2,1H3,(H2,23,24,29). The van der Waals surface area contributed by atoms with Crippen molar-refractivity contribution in [2.24, 2.45) is 0 Å². The van der Waals surface area contributed by atoms with Crippen molar-refractivity contribution in [1.29, 1.82) is 0 Å². The van der Waals surface area contributed by atoms with Gasteiger partial charge in [-0.05, 0) is 30.2 Å². The quantitative estimate of drug-likeness (QED) is 0.715. The average molecular weight is 392 g/mol. The van der Waals surface area contributed by atoms with Crippen LogP contribution in [0.5, 0.6) is 0 Å². The highest BCUT2D eigenvalue weighted by Crippen LogP contribution is 2.20. The second kappa shape index (κ2) is 7.95. The van der Waals surface area contributed by atoms with Crippen molar-refractivity contribution < 1.29 is 9.59 Å². The molecule has 1 aliphatic rings. The van der Waals surface area contributed by atoms with E-state index in [-0.39, 0.29) is 23.5 Å². The zero-order valence-electron chi connectivity index (χ0n) is 16.4. The van der Waals surface area contributed by atoms with E-state index in [9.17, 15) is 14.4 Å². The summed E-state index contributed by atoms with van der Waals surface area (Å²) >= 11 is 0. The molecule has 2 amide bonds. The Balaban J connectivity index is 1.56. The Hall–Kier alpha value is -3.35. The number of amides is 2. The van der Waals surface area contributed by atoms with Crippen LogP contribution in [0.3, 0.4) is 0 Å². The summed E-state index contributed by atoms with van der Waals surface area (Å²) in [6.45, 7) is 3.48. The zero-order valence-corrected chi connectivity index (χ0v) is 16.4. The Bertz CT molecular complexity index is 1090. The van der Waals surface area contributed by atoms with Crippen LogP contribution in [0.25, 0.3) is 11.0 Å². The molecule has 1 saturated heterocycles. The van der Waals surface area contributed by atoms with E-state index in [4.69, 9.17) is 0 Å². The molecule has 0 bridgehead atoms. The van der Waals surface area contributed by atoms with Crippen molar-refractivity contribution in [3.8, 4) is 0 Å². The molecule has 2 aromatic carbocycles. The fourth-order valence-corrected chi connectivity index (χ4v) is 3.90. The fourth-order valence-electron chi connectivity index (χ4n) is 3.90. The molecule has 1 aliphatic heterocycles. The summed E-state index contributed by atoms with van der Waals surface area (Å²) in [6, 6.07) is 15.0. The third-order valence-corrected chi connectivity index (χ3v) is 5.50. The summed E-state index contributed by atoms with van der Waals surface area (Å²) in [5, 5.41) is 0. The van der Waals surface area contributed by atoms with Gasteiger partial charge in [0.1, 0.15) is 0 Å². The summed E-state index contributed by atoms with van der Waals surface area (Å²) < 4.78 is 0. The van der Waals surface area contributed by atoms with E-state index in [1.165, 1.54) is 0 Å². The number of nitrogens with one attached hydrogen (secondary N) is 2. The van der Waals surface area contributed by atoms with Gasteiger partial charge in [0.15, 0.2) is 0 Å². The van der Waals surface area contributed by atoms with E-state index in [0.717, 1.165) is 12.0 Å². The van der Waals surface area contributed by atoms with Crippen LogP contribution < -0.4 is 5.69 Å². The highest BCUT2D eigenvalue weighted by Gasteiger charge is 2.31. The Morgan fingerprint density at radius 3 is 2.59 bits per heavy atom. The average Bonchev–Trinajstić information content (AvgIpc) is 3.04. The van der Waals surface area contributed by atoms with Crippen molar-refractivity contribution in [3.63, 3.8) is 0 Å². The molecule has 7 nitrogen and oxygen atoms in total. The minimum atomic E-state index is -0.299. The lowest BCUT2D eigenvalue weighted by Crippen LogP contribution is -2.43. The molecule has 2 N–H and O–H groups in total. The van der Waals surface area contributed by atoms with Crippen LogP contribution in [0.15, 0.2) is 53.3 Å². The van der Waals surface area contributed by atoms with Crippen molar-refractivity contribution in [3.05, 3.63) is 70.1 Å². The highest BCUT2D eigenvalue weighted by molar-refractivity contribution is 5.97. The third-order valence-electron chi connectivity index (χ3n) is 5.50. The van der Waals surface area contributed by atoms with Crippen molar-refractivity contribution in [2.75, 3.05) is 13.1 Å². The van der Waals surface area contributed by atoms with Gasteiger partial charge < -0.3 is 19.8 Å². The van der Waals surface area contributed by atoms with Gasteiger partial charge in [-0.1, -0.05) is 37.3 Å². The second-order valence-electron chi connectivity index (χ2n) is 7.41. The third kappa shape index (κ3) is 3.94. The molecule has 2 heterocycles. The lowest BCUT2D eigenvalue weighted by molar-refractivity contribution is -0.133. The van der Waals surface area contributed by atoms with Crippen LogP contribution in [0.4, 0.5) is 0 Å². The number of aromatic nitrogens is 2. The molecule has 0 saturated carbocycles. The minimum absolute atomic E-state index is 0.0371. The highest BCUT2D eigenvalue weighted by atomic mass is 16.2. The number of hydrogen-bond donors (Lipinski definition) is 2. The Morgan fingerprint density at radius 1 is 1.07 bits per heavy atom. The number of aromatic amines is 2. The fraction of sp³-hybridized carbons (Fsp3) is 0.318. The van der Waals surface area contributed by atoms with Crippen LogP contribution in [0.2, 0.25) is 0 Å². The maximum atomic E-state index is 13.1. The predicted octanol–water partition coefficient (Wildman–Crippen LogP) is 2.51. The Kier molecular flexibility index (Phi) is 5.20. The SMILES string of the molecule is CCC1CN(C(=O)c2ccc3[nH]c(=O)[nH]c3c2)CCC(=O)N1Cc1ccccc1. The first-order valence-electron chi connectivity index (χ1n) is 9.90. The number of benzene rings is 2. The van der Waals surface area contributed by atoms with Gasteiger partial charge in [0.25, 0.3) is 5.91 Å². The monoisotopic (exact) mass is 392 g/mol. The predicted molar refractivity (Wildman–Crippen MR) is 111 cm³/mol. The number of rotatable bonds is 4. The van der Waals surface area contributed by atoms with Gasteiger partial charge in [0.05, 0.1) is 11.0 Å². The molecule has 7 heteroatoms. The van der Waals surface area contributed by atoms with Gasteiger partial charge in [0.2, 0.25) is 5.91 Å². The maximum Gasteiger partial charge on any atom is 0.323 e. The number of hydrogen-bond acceptors (Lipinski definition) is 3. The van der Waals surface area contributed by atoms with E-state index in [1.807, 2.05) is 42.2 Å². The topological polar surface area (TPSA) is 89.3 Å². The van der Waals surface area contributed by atoms with Gasteiger partial charge in [-0.3, -0.25) is 9.59 Å². The van der Waals surface area contributed by atoms with E-state index < -0.39 is 0 Å². The molecule has 1 aromatic heterocycles. The van der Waals surface area contributed by atoms with Crippen LogP contribution in [-0.2, 0) is 11.3 Å². The van der Waals surface area contributed by atoms with Gasteiger partial charge in [0, 0.05) is 37.7 Å². The van der Waals surface area contributed by atoms with Crippen LogP contribution >= 0.6 is 0 Å². The number of fused-ring (bicyclic) bond motifs is 1. The van der Waals surface area contributed by atoms with Crippen LogP contribution in [-0.4, -0.2) is 50.7 Å². The van der Waals surface area contributed by atoms with Crippen LogP contribution in [0.1, 0.15) is 35.7 Å². The number of imidazole rings is 1. The van der Waals surface area contributed by atoms with E-state index >= 15 is 0 Å². The molecule has 0 radical (unpaired) electrons. The van der Waals surface area contributed by atoms with E-state index in [2.05, 4.69) is 9.97 Å². The first kappa shape index (κ1) is 19.0.